The van der Waals surface area contributed by atoms with Crippen LogP contribution in [0.5, 0.6) is 0 Å². The number of phosphoric ester groups is 1. The fraction of sp³-hybridized carbons (Fsp3) is 0.792. The molecule has 1 amide bonds. The fourth-order valence-corrected chi connectivity index (χ4v) is 10.8. The van der Waals surface area contributed by atoms with E-state index >= 15 is 0 Å². The average molecular weight is 1150 g/mol. The molecule has 3 unspecified atom stereocenters. The average Bonchev–Trinajstić information content (AvgIpc) is 3.43. The van der Waals surface area contributed by atoms with Crippen LogP contribution in [0.25, 0.3) is 0 Å². The van der Waals surface area contributed by atoms with E-state index in [0.717, 1.165) is 70.6 Å². The summed E-state index contributed by atoms with van der Waals surface area (Å²) in [5.41, 5.74) is 0. The third-order valence-electron chi connectivity index (χ3n) is 15.3. The molecule has 0 saturated carbocycles. The molecule has 0 aliphatic carbocycles. The molecule has 8 nitrogen and oxygen atoms in total. The van der Waals surface area contributed by atoms with Gasteiger partial charge in [-0.2, -0.15) is 0 Å². The van der Waals surface area contributed by atoms with Crippen LogP contribution < -0.4 is 5.32 Å². The van der Waals surface area contributed by atoms with Crippen molar-refractivity contribution in [1.82, 2.24) is 5.32 Å². The molecular weight excluding hydrogens is 1020 g/mol. The lowest BCUT2D eigenvalue weighted by Crippen LogP contribution is -2.45. The normalized spacial score (nSPS) is 14.2. The second-order valence-corrected chi connectivity index (χ2v) is 26.0. The highest BCUT2D eigenvalue weighted by molar-refractivity contribution is 7.47. The van der Waals surface area contributed by atoms with Crippen LogP contribution in [0.4, 0.5) is 0 Å². The standard InChI is InChI=1S/C72H133N2O6P/c1-6-8-10-12-14-16-18-20-22-24-26-28-30-32-34-35-36-37-38-40-41-43-45-47-49-51-53-55-57-59-61-63-65-71(75)70(69-80-81(77,78)79-68-67-74(3,4)5)73-72(76)66-64-62-60-58-56-54-52-50-48-46-44-42-39-33-31-29-27-25-23-21-19-17-15-13-11-9-7-2/h9,11,15,17,21,23,27,29,33,39,55,57,63,65,70-71,75H,6-8,10,12-14,16,18-20,22,24-26,28,30-32,34-38,40-54,56,58-62,64,66-69H2,1-5H3,(H-,73,76,77,78)/p+1/b11-9-,17-15-,23-21-,29-27-,39-33-,57-55+,65-63+. The van der Waals surface area contributed by atoms with Gasteiger partial charge >= 0.3 is 7.82 Å². The molecule has 0 spiro atoms. The van der Waals surface area contributed by atoms with Gasteiger partial charge in [-0.15, -0.1) is 0 Å². The number of nitrogens with zero attached hydrogens (tertiary/aromatic N) is 1. The van der Waals surface area contributed by atoms with E-state index in [1.165, 1.54) is 225 Å². The van der Waals surface area contributed by atoms with E-state index in [9.17, 15) is 19.4 Å². The molecule has 3 N–H and O–H groups in total. The van der Waals surface area contributed by atoms with Crippen molar-refractivity contribution in [3.63, 3.8) is 0 Å². The molecule has 0 rings (SSSR count). The van der Waals surface area contributed by atoms with Crippen LogP contribution in [-0.4, -0.2) is 73.4 Å². The zero-order valence-corrected chi connectivity index (χ0v) is 54.9. The van der Waals surface area contributed by atoms with E-state index in [1.54, 1.807) is 6.08 Å². The molecule has 0 saturated heterocycles. The number of phosphoric acid groups is 1. The number of carbonyl (C=O) groups excluding carboxylic acids is 1. The molecular formula is C72H134N2O6P+. The maximum atomic E-state index is 13.0. The Kier molecular flexibility index (Phi) is 60.4. The lowest BCUT2D eigenvalue weighted by Gasteiger charge is -2.25. The maximum absolute atomic E-state index is 13.0. The highest BCUT2D eigenvalue weighted by Crippen LogP contribution is 2.43. The topological polar surface area (TPSA) is 105 Å². The molecule has 472 valence electrons. The molecule has 0 aromatic heterocycles. The van der Waals surface area contributed by atoms with Gasteiger partial charge in [0.15, 0.2) is 0 Å². The largest absolute Gasteiger partial charge is 0.472 e. The van der Waals surface area contributed by atoms with Gasteiger partial charge in [-0.05, 0) is 77.0 Å². The molecule has 0 aliphatic rings. The van der Waals surface area contributed by atoms with Crippen molar-refractivity contribution in [3.05, 3.63) is 85.1 Å². The predicted octanol–water partition coefficient (Wildman–Crippen LogP) is 21.9. The summed E-state index contributed by atoms with van der Waals surface area (Å²) < 4.78 is 23.8. The minimum absolute atomic E-state index is 0.0525. The minimum Gasteiger partial charge on any atom is -0.387 e. The molecule has 0 heterocycles. The molecule has 0 bridgehead atoms. The molecule has 0 radical (unpaired) electrons. The summed E-state index contributed by atoms with van der Waals surface area (Å²) in [5, 5.41) is 14.0. The lowest BCUT2D eigenvalue weighted by atomic mass is 10.0. The Morgan fingerprint density at radius 1 is 0.432 bits per heavy atom. The van der Waals surface area contributed by atoms with E-state index in [0.29, 0.717) is 17.4 Å². The van der Waals surface area contributed by atoms with Crippen LogP contribution in [0.2, 0.25) is 0 Å². The molecule has 0 fully saturated rings. The summed E-state index contributed by atoms with van der Waals surface area (Å²) in [6, 6.07) is -0.872. The van der Waals surface area contributed by atoms with Gasteiger partial charge in [-0.1, -0.05) is 317 Å². The van der Waals surface area contributed by atoms with Crippen molar-refractivity contribution in [3.8, 4) is 0 Å². The quantitative estimate of drug-likeness (QED) is 0.0243. The number of amides is 1. The van der Waals surface area contributed by atoms with Crippen LogP contribution in [0.1, 0.15) is 316 Å². The maximum Gasteiger partial charge on any atom is 0.472 e. The second kappa shape index (κ2) is 62.2. The Balaban J connectivity index is 4.13. The zero-order chi connectivity index (χ0) is 59.1. The van der Waals surface area contributed by atoms with Gasteiger partial charge < -0.3 is 19.8 Å². The number of aliphatic hydroxyl groups is 1. The molecule has 0 aromatic carbocycles. The van der Waals surface area contributed by atoms with Gasteiger partial charge in [0.25, 0.3) is 0 Å². The van der Waals surface area contributed by atoms with Crippen molar-refractivity contribution < 1.29 is 32.9 Å². The SMILES string of the molecule is CC/C=C\C/C=C\C/C=C\C/C=C\C/C=C\CCCCCCCCCCCCCC(=O)NC(COP(=O)(O)OCC[N+](C)(C)C)C(O)/C=C/CC/C=C/CCCCCCCCCCCCCCCCCCCCCCCCCCCC. The van der Waals surface area contributed by atoms with Crippen LogP contribution in [0, 0.1) is 0 Å². The van der Waals surface area contributed by atoms with Crippen LogP contribution in [0.15, 0.2) is 85.1 Å². The first-order valence-electron chi connectivity index (χ1n) is 34.5. The summed E-state index contributed by atoms with van der Waals surface area (Å²) in [7, 11) is 1.55. The van der Waals surface area contributed by atoms with Gasteiger partial charge in [-0.3, -0.25) is 13.8 Å². The molecule has 9 heteroatoms. The molecule has 81 heavy (non-hydrogen) atoms. The number of rotatable bonds is 63. The number of quaternary nitrogens is 1. The molecule has 0 aromatic rings. The number of unbranched alkanes of at least 4 members (excludes halogenated alkanes) is 38. The van der Waals surface area contributed by atoms with E-state index in [2.05, 4.69) is 92.1 Å². The van der Waals surface area contributed by atoms with E-state index in [4.69, 9.17) is 9.05 Å². The Morgan fingerprint density at radius 2 is 0.753 bits per heavy atom. The van der Waals surface area contributed by atoms with Crippen molar-refractivity contribution in [1.29, 1.82) is 0 Å². The van der Waals surface area contributed by atoms with Crippen molar-refractivity contribution >= 4 is 13.7 Å². The van der Waals surface area contributed by atoms with Crippen molar-refractivity contribution in [2.24, 2.45) is 0 Å². The van der Waals surface area contributed by atoms with Gasteiger partial charge in [-0.25, -0.2) is 4.57 Å². The minimum atomic E-state index is -4.37. The third-order valence-corrected chi connectivity index (χ3v) is 16.3. The number of hydrogen-bond donors (Lipinski definition) is 3. The Bertz CT molecular complexity index is 1600. The number of hydrogen-bond acceptors (Lipinski definition) is 5. The number of allylic oxidation sites excluding steroid dienone is 13. The summed E-state index contributed by atoms with van der Waals surface area (Å²) in [5.74, 6) is -0.190. The number of nitrogens with one attached hydrogen (secondary N) is 1. The number of likely N-dealkylation sites (N-methyl/N-ethyl adjacent to an activating group) is 1. The van der Waals surface area contributed by atoms with Crippen LogP contribution >= 0.6 is 7.82 Å². The Morgan fingerprint density at radius 3 is 1.14 bits per heavy atom. The third kappa shape index (κ3) is 65.1. The summed E-state index contributed by atoms with van der Waals surface area (Å²) >= 11 is 0. The first-order chi connectivity index (χ1) is 39.5. The fourth-order valence-electron chi connectivity index (χ4n) is 10.0. The van der Waals surface area contributed by atoms with E-state index < -0.39 is 20.0 Å². The second-order valence-electron chi connectivity index (χ2n) is 24.5. The van der Waals surface area contributed by atoms with Gasteiger partial charge in [0.05, 0.1) is 39.9 Å². The van der Waals surface area contributed by atoms with E-state index in [1.807, 2.05) is 27.2 Å². The Labute approximate surface area is 503 Å². The Hall–Kier alpha value is -2.32. The number of carbonyl (C=O) groups is 1. The summed E-state index contributed by atoms with van der Waals surface area (Å²) in [4.78, 5) is 23.4. The van der Waals surface area contributed by atoms with Crippen molar-refractivity contribution in [2.45, 2.75) is 328 Å². The summed E-state index contributed by atoms with van der Waals surface area (Å²) in [6.45, 7) is 4.71. The molecule has 3 atom stereocenters. The van der Waals surface area contributed by atoms with Crippen molar-refractivity contribution in [2.75, 3.05) is 40.9 Å². The van der Waals surface area contributed by atoms with Gasteiger partial charge in [0.1, 0.15) is 13.2 Å². The zero-order valence-electron chi connectivity index (χ0n) is 54.0. The van der Waals surface area contributed by atoms with Gasteiger partial charge in [0.2, 0.25) is 5.91 Å². The van der Waals surface area contributed by atoms with Crippen LogP contribution in [0.3, 0.4) is 0 Å². The van der Waals surface area contributed by atoms with E-state index in [-0.39, 0.29) is 19.1 Å². The highest BCUT2D eigenvalue weighted by Gasteiger charge is 2.28. The lowest BCUT2D eigenvalue weighted by molar-refractivity contribution is -0.870. The first kappa shape index (κ1) is 78.7. The first-order valence-corrected chi connectivity index (χ1v) is 36.0. The monoisotopic (exact) mass is 1150 g/mol. The smallest absolute Gasteiger partial charge is 0.387 e. The highest BCUT2D eigenvalue weighted by atomic mass is 31.2. The van der Waals surface area contributed by atoms with Gasteiger partial charge in [0, 0.05) is 6.42 Å². The number of aliphatic hydroxyl groups excluding tert-OH is 1. The van der Waals surface area contributed by atoms with Crippen LogP contribution in [-0.2, 0) is 18.4 Å². The summed E-state index contributed by atoms with van der Waals surface area (Å²) in [6.07, 6.45) is 88.8. The molecule has 0 aliphatic heterocycles. The predicted molar refractivity (Wildman–Crippen MR) is 355 cm³/mol.